The summed E-state index contributed by atoms with van der Waals surface area (Å²) in [6.45, 7) is 2.95. The highest BCUT2D eigenvalue weighted by molar-refractivity contribution is 5.61. The number of rotatable bonds is 8. The molecule has 0 unspecified atom stereocenters. The minimum Gasteiger partial charge on any atom is -0.363 e. The maximum atomic E-state index is 4.63. The quantitative estimate of drug-likeness (QED) is 0.642. The van der Waals surface area contributed by atoms with E-state index in [2.05, 4.69) is 70.0 Å². The standard InChI is InChI=1S/C22H29N5/c1-17-11-13-19(14-12-17)24-20-16-21(27(2)3)26-22(25-20)23-15-7-10-18-8-5-4-6-9-18/h4-5,8,11-14,16H,6-7,9-10,15H2,1-3H3,(H2,23,24,25,26). The predicted molar refractivity (Wildman–Crippen MR) is 115 cm³/mol. The topological polar surface area (TPSA) is 53.1 Å². The van der Waals surface area contributed by atoms with Crippen molar-refractivity contribution < 1.29 is 0 Å². The summed E-state index contributed by atoms with van der Waals surface area (Å²) in [6, 6.07) is 10.3. The van der Waals surface area contributed by atoms with Crippen molar-refractivity contribution in [3.8, 4) is 0 Å². The molecule has 0 spiro atoms. The Labute approximate surface area is 162 Å². The van der Waals surface area contributed by atoms with Crippen molar-refractivity contribution in [1.82, 2.24) is 9.97 Å². The Morgan fingerprint density at radius 1 is 1.11 bits per heavy atom. The van der Waals surface area contributed by atoms with Gasteiger partial charge in [0.05, 0.1) is 0 Å². The van der Waals surface area contributed by atoms with Crippen LogP contribution in [-0.4, -0.2) is 30.6 Å². The number of allylic oxidation sites excluding steroid dienone is 4. The molecular formula is C22H29N5. The fourth-order valence-corrected chi connectivity index (χ4v) is 2.97. The summed E-state index contributed by atoms with van der Waals surface area (Å²) in [6.07, 6.45) is 11.2. The molecule has 0 saturated carbocycles. The Bertz CT molecular complexity index is 806. The third-order valence-electron chi connectivity index (χ3n) is 4.55. The minimum atomic E-state index is 0.660. The molecule has 2 aromatic rings. The van der Waals surface area contributed by atoms with Gasteiger partial charge in [-0.3, -0.25) is 0 Å². The number of anilines is 4. The summed E-state index contributed by atoms with van der Waals surface area (Å²) in [5, 5.41) is 6.76. The zero-order valence-electron chi connectivity index (χ0n) is 16.5. The van der Waals surface area contributed by atoms with Crippen LogP contribution in [-0.2, 0) is 0 Å². The lowest BCUT2D eigenvalue weighted by Crippen LogP contribution is -2.14. The number of aryl methyl sites for hydroxylation is 1. The van der Waals surface area contributed by atoms with Crippen molar-refractivity contribution in [1.29, 1.82) is 0 Å². The summed E-state index contributed by atoms with van der Waals surface area (Å²) in [7, 11) is 3.98. The van der Waals surface area contributed by atoms with Gasteiger partial charge in [-0.2, -0.15) is 9.97 Å². The first kappa shape index (κ1) is 19.0. The smallest absolute Gasteiger partial charge is 0.226 e. The molecule has 0 amide bonds. The fourth-order valence-electron chi connectivity index (χ4n) is 2.97. The fraction of sp³-hybridized carbons (Fsp3) is 0.364. The van der Waals surface area contributed by atoms with E-state index >= 15 is 0 Å². The monoisotopic (exact) mass is 363 g/mol. The van der Waals surface area contributed by atoms with Crippen molar-refractivity contribution >= 4 is 23.3 Å². The van der Waals surface area contributed by atoms with Crippen LogP contribution in [0.2, 0.25) is 0 Å². The van der Waals surface area contributed by atoms with E-state index in [4.69, 9.17) is 0 Å². The van der Waals surface area contributed by atoms with Gasteiger partial charge in [0.15, 0.2) is 0 Å². The van der Waals surface area contributed by atoms with Crippen LogP contribution < -0.4 is 15.5 Å². The van der Waals surface area contributed by atoms with Crippen LogP contribution in [0.1, 0.15) is 31.2 Å². The molecule has 2 N–H and O–H groups in total. The van der Waals surface area contributed by atoms with E-state index in [9.17, 15) is 0 Å². The van der Waals surface area contributed by atoms with Crippen molar-refractivity contribution in [2.45, 2.75) is 32.6 Å². The molecule has 0 saturated heterocycles. The SMILES string of the molecule is Cc1ccc(Nc2cc(N(C)C)nc(NCCCC3=CC=CCC3)n2)cc1. The van der Waals surface area contributed by atoms with Gasteiger partial charge in [-0.05, 0) is 44.7 Å². The van der Waals surface area contributed by atoms with Gasteiger partial charge < -0.3 is 15.5 Å². The predicted octanol–water partition coefficient (Wildman–Crippen LogP) is 5.06. The molecule has 0 bridgehead atoms. The van der Waals surface area contributed by atoms with E-state index in [-0.39, 0.29) is 0 Å². The highest BCUT2D eigenvalue weighted by Gasteiger charge is 2.07. The minimum absolute atomic E-state index is 0.660. The lowest BCUT2D eigenvalue weighted by molar-refractivity contribution is 0.789. The zero-order chi connectivity index (χ0) is 19.1. The number of nitrogens with zero attached hydrogens (tertiary/aromatic N) is 3. The van der Waals surface area contributed by atoms with Crippen LogP contribution in [0.15, 0.2) is 54.1 Å². The molecule has 5 nitrogen and oxygen atoms in total. The Kier molecular flexibility index (Phi) is 6.47. The Balaban J connectivity index is 1.63. The Morgan fingerprint density at radius 3 is 2.63 bits per heavy atom. The lowest BCUT2D eigenvalue weighted by Gasteiger charge is -2.16. The van der Waals surface area contributed by atoms with Crippen molar-refractivity contribution in [3.05, 3.63) is 59.7 Å². The van der Waals surface area contributed by atoms with Crippen molar-refractivity contribution in [3.63, 3.8) is 0 Å². The summed E-state index contributed by atoms with van der Waals surface area (Å²) >= 11 is 0. The highest BCUT2D eigenvalue weighted by atomic mass is 15.2. The average Bonchev–Trinajstić information content (AvgIpc) is 2.68. The van der Waals surface area contributed by atoms with Crippen LogP contribution in [0.25, 0.3) is 0 Å². The number of benzene rings is 1. The molecule has 1 aliphatic rings. The van der Waals surface area contributed by atoms with Crippen molar-refractivity contribution in [2.75, 3.05) is 36.2 Å². The molecule has 1 heterocycles. The summed E-state index contributed by atoms with van der Waals surface area (Å²) in [5.74, 6) is 2.33. The second-order valence-corrected chi connectivity index (χ2v) is 7.14. The first-order valence-corrected chi connectivity index (χ1v) is 9.59. The molecule has 1 aromatic carbocycles. The second kappa shape index (κ2) is 9.21. The average molecular weight is 364 g/mol. The number of hydrogen-bond acceptors (Lipinski definition) is 5. The summed E-state index contributed by atoms with van der Waals surface area (Å²) < 4.78 is 0. The number of nitrogens with one attached hydrogen (secondary N) is 2. The van der Waals surface area contributed by atoms with Gasteiger partial charge in [0.25, 0.3) is 0 Å². The number of aromatic nitrogens is 2. The van der Waals surface area contributed by atoms with Gasteiger partial charge in [0, 0.05) is 32.4 Å². The first-order chi connectivity index (χ1) is 13.1. The maximum Gasteiger partial charge on any atom is 0.226 e. The molecule has 0 atom stereocenters. The van der Waals surface area contributed by atoms with Gasteiger partial charge in [0.2, 0.25) is 5.95 Å². The van der Waals surface area contributed by atoms with E-state index in [1.165, 1.54) is 24.0 Å². The van der Waals surface area contributed by atoms with Gasteiger partial charge in [-0.15, -0.1) is 0 Å². The zero-order valence-corrected chi connectivity index (χ0v) is 16.5. The molecular weight excluding hydrogens is 334 g/mol. The molecule has 1 aromatic heterocycles. The molecule has 0 radical (unpaired) electrons. The molecule has 3 rings (SSSR count). The molecule has 27 heavy (non-hydrogen) atoms. The molecule has 0 aliphatic heterocycles. The third kappa shape index (κ3) is 5.84. The Morgan fingerprint density at radius 2 is 1.93 bits per heavy atom. The van der Waals surface area contributed by atoms with Gasteiger partial charge in [-0.1, -0.05) is 41.5 Å². The van der Waals surface area contributed by atoms with Crippen LogP contribution in [0.5, 0.6) is 0 Å². The number of hydrogen-bond donors (Lipinski definition) is 2. The largest absolute Gasteiger partial charge is 0.363 e. The van der Waals surface area contributed by atoms with Crippen molar-refractivity contribution in [2.24, 2.45) is 0 Å². The van der Waals surface area contributed by atoms with Gasteiger partial charge in [0.1, 0.15) is 11.6 Å². The maximum absolute atomic E-state index is 4.63. The van der Waals surface area contributed by atoms with E-state index in [0.717, 1.165) is 36.7 Å². The van der Waals surface area contributed by atoms with E-state index in [1.807, 2.05) is 25.1 Å². The highest BCUT2D eigenvalue weighted by Crippen LogP contribution is 2.21. The molecule has 5 heteroatoms. The van der Waals surface area contributed by atoms with E-state index in [1.54, 1.807) is 0 Å². The van der Waals surface area contributed by atoms with Crippen LogP contribution >= 0.6 is 0 Å². The summed E-state index contributed by atoms with van der Waals surface area (Å²) in [5.41, 5.74) is 3.79. The first-order valence-electron chi connectivity index (χ1n) is 9.59. The van der Waals surface area contributed by atoms with Crippen LogP contribution in [0.4, 0.5) is 23.3 Å². The third-order valence-corrected chi connectivity index (χ3v) is 4.55. The van der Waals surface area contributed by atoms with E-state index in [0.29, 0.717) is 5.95 Å². The van der Waals surface area contributed by atoms with Gasteiger partial charge in [-0.25, -0.2) is 0 Å². The molecule has 0 fully saturated rings. The van der Waals surface area contributed by atoms with Gasteiger partial charge >= 0.3 is 0 Å². The normalized spacial score (nSPS) is 13.2. The molecule has 142 valence electrons. The molecule has 1 aliphatic carbocycles. The van der Waals surface area contributed by atoms with Crippen LogP contribution in [0.3, 0.4) is 0 Å². The lowest BCUT2D eigenvalue weighted by atomic mass is 10.0. The summed E-state index contributed by atoms with van der Waals surface area (Å²) in [4.78, 5) is 11.2. The second-order valence-electron chi connectivity index (χ2n) is 7.14. The van der Waals surface area contributed by atoms with E-state index < -0.39 is 0 Å². The Hall–Kier alpha value is -2.82. The van der Waals surface area contributed by atoms with Crippen LogP contribution in [0, 0.1) is 6.92 Å².